The van der Waals surface area contributed by atoms with Gasteiger partial charge in [-0.15, -0.1) is 5.10 Å². The Bertz CT molecular complexity index is 493. The van der Waals surface area contributed by atoms with Gasteiger partial charge >= 0.3 is 0 Å². The van der Waals surface area contributed by atoms with Crippen molar-refractivity contribution in [3.05, 3.63) is 35.1 Å². The molecule has 0 aliphatic carbocycles. The molecule has 0 radical (unpaired) electrons. The molecule has 0 fully saturated rings. The number of rotatable bonds is 3. The monoisotopic (exact) mass is 250 g/mol. The number of halogens is 1. The predicted molar refractivity (Wildman–Crippen MR) is 67.4 cm³/mol. The Morgan fingerprint density at radius 1 is 1.24 bits per heavy atom. The standard InChI is InChI=1S/C12H15ClN4/c1-8(2)9(3)11-6-10(13)4-5-12(11)17-7-14-15-16-17/h4-9H,1-3H3. The van der Waals surface area contributed by atoms with Crippen molar-refractivity contribution >= 4 is 11.6 Å². The van der Waals surface area contributed by atoms with Crippen molar-refractivity contribution in [2.24, 2.45) is 5.92 Å². The van der Waals surface area contributed by atoms with Gasteiger partial charge in [-0.25, -0.2) is 4.68 Å². The number of hydrogen-bond acceptors (Lipinski definition) is 3. The van der Waals surface area contributed by atoms with Crippen LogP contribution in [0, 0.1) is 5.92 Å². The van der Waals surface area contributed by atoms with Gasteiger partial charge in [-0.05, 0) is 46.0 Å². The number of tetrazole rings is 1. The first-order chi connectivity index (χ1) is 8.09. The van der Waals surface area contributed by atoms with E-state index in [1.54, 1.807) is 11.0 Å². The Hall–Kier alpha value is -1.42. The van der Waals surface area contributed by atoms with Gasteiger partial charge in [0.1, 0.15) is 6.33 Å². The van der Waals surface area contributed by atoms with Gasteiger partial charge < -0.3 is 0 Å². The smallest absolute Gasteiger partial charge is 0.143 e. The Morgan fingerprint density at radius 3 is 2.59 bits per heavy atom. The molecular formula is C12H15ClN4. The van der Waals surface area contributed by atoms with Crippen LogP contribution < -0.4 is 0 Å². The highest BCUT2D eigenvalue weighted by atomic mass is 35.5. The molecule has 0 aliphatic heterocycles. The molecule has 1 atom stereocenters. The zero-order chi connectivity index (χ0) is 12.4. The molecule has 0 spiro atoms. The summed E-state index contributed by atoms with van der Waals surface area (Å²) in [6.45, 7) is 6.56. The lowest BCUT2D eigenvalue weighted by Gasteiger charge is -2.19. The lowest BCUT2D eigenvalue weighted by Crippen LogP contribution is -2.08. The summed E-state index contributed by atoms with van der Waals surface area (Å²) < 4.78 is 1.67. The molecular weight excluding hydrogens is 236 g/mol. The first-order valence-corrected chi connectivity index (χ1v) is 6.00. The molecule has 90 valence electrons. The summed E-state index contributed by atoms with van der Waals surface area (Å²) in [5.41, 5.74) is 2.15. The molecule has 0 saturated heterocycles. The van der Waals surface area contributed by atoms with Gasteiger partial charge in [-0.3, -0.25) is 0 Å². The van der Waals surface area contributed by atoms with E-state index in [1.807, 2.05) is 18.2 Å². The minimum absolute atomic E-state index is 0.396. The molecule has 1 unspecified atom stereocenters. The van der Waals surface area contributed by atoms with E-state index in [-0.39, 0.29) is 0 Å². The zero-order valence-corrected chi connectivity index (χ0v) is 10.9. The van der Waals surface area contributed by atoms with Crippen LogP contribution in [0.15, 0.2) is 24.5 Å². The molecule has 17 heavy (non-hydrogen) atoms. The maximum absolute atomic E-state index is 6.07. The van der Waals surface area contributed by atoms with Crippen LogP contribution in [0.5, 0.6) is 0 Å². The van der Waals surface area contributed by atoms with E-state index in [2.05, 4.69) is 36.3 Å². The van der Waals surface area contributed by atoms with Crippen molar-refractivity contribution < 1.29 is 0 Å². The molecule has 1 aromatic heterocycles. The van der Waals surface area contributed by atoms with Crippen molar-refractivity contribution in [1.29, 1.82) is 0 Å². The summed E-state index contributed by atoms with van der Waals surface area (Å²) in [6.07, 6.45) is 1.60. The highest BCUT2D eigenvalue weighted by molar-refractivity contribution is 6.30. The first-order valence-electron chi connectivity index (χ1n) is 5.62. The van der Waals surface area contributed by atoms with E-state index in [1.165, 1.54) is 5.56 Å². The SMILES string of the molecule is CC(C)C(C)c1cc(Cl)ccc1-n1cnnn1. The normalized spacial score (nSPS) is 13.0. The Balaban J connectivity index is 2.52. The third-order valence-electron chi connectivity index (χ3n) is 3.08. The summed E-state index contributed by atoms with van der Waals surface area (Å²) in [5, 5.41) is 12.0. The van der Waals surface area contributed by atoms with Gasteiger partial charge in [-0.2, -0.15) is 0 Å². The minimum Gasteiger partial charge on any atom is -0.200 e. The van der Waals surface area contributed by atoms with Crippen LogP contribution in [0.1, 0.15) is 32.3 Å². The van der Waals surface area contributed by atoms with Gasteiger partial charge in [0.15, 0.2) is 0 Å². The topological polar surface area (TPSA) is 43.6 Å². The molecule has 4 nitrogen and oxygen atoms in total. The Morgan fingerprint density at radius 2 is 2.00 bits per heavy atom. The van der Waals surface area contributed by atoms with Crippen molar-refractivity contribution in [3.63, 3.8) is 0 Å². The molecule has 5 heteroatoms. The molecule has 1 aromatic carbocycles. The number of benzene rings is 1. The van der Waals surface area contributed by atoms with Crippen LogP contribution in [0.2, 0.25) is 5.02 Å². The van der Waals surface area contributed by atoms with Gasteiger partial charge in [0.05, 0.1) is 5.69 Å². The maximum atomic E-state index is 6.07. The molecule has 2 rings (SSSR count). The van der Waals surface area contributed by atoms with Crippen LogP contribution in [0.3, 0.4) is 0 Å². The molecule has 0 bridgehead atoms. The van der Waals surface area contributed by atoms with Gasteiger partial charge in [-0.1, -0.05) is 32.4 Å². The van der Waals surface area contributed by atoms with E-state index in [0.717, 1.165) is 10.7 Å². The lowest BCUT2D eigenvalue weighted by atomic mass is 9.89. The van der Waals surface area contributed by atoms with E-state index in [9.17, 15) is 0 Å². The summed E-state index contributed by atoms with van der Waals surface area (Å²) >= 11 is 6.07. The van der Waals surface area contributed by atoms with E-state index >= 15 is 0 Å². The second kappa shape index (κ2) is 4.84. The van der Waals surface area contributed by atoms with E-state index in [4.69, 9.17) is 11.6 Å². The van der Waals surface area contributed by atoms with Crippen molar-refractivity contribution in [1.82, 2.24) is 20.2 Å². The number of nitrogens with zero attached hydrogens (tertiary/aromatic N) is 4. The maximum Gasteiger partial charge on any atom is 0.143 e. The lowest BCUT2D eigenvalue weighted by molar-refractivity contribution is 0.531. The van der Waals surface area contributed by atoms with Crippen LogP contribution in [0.4, 0.5) is 0 Å². The molecule has 0 saturated carbocycles. The number of hydrogen-bond donors (Lipinski definition) is 0. The fourth-order valence-corrected chi connectivity index (χ4v) is 1.91. The van der Waals surface area contributed by atoms with Crippen LogP contribution in [-0.4, -0.2) is 20.2 Å². The highest BCUT2D eigenvalue weighted by Crippen LogP contribution is 2.30. The van der Waals surface area contributed by atoms with Crippen LogP contribution >= 0.6 is 11.6 Å². The third kappa shape index (κ3) is 2.47. The van der Waals surface area contributed by atoms with E-state index < -0.39 is 0 Å². The quantitative estimate of drug-likeness (QED) is 0.841. The fraction of sp³-hybridized carbons (Fsp3) is 0.417. The summed E-state index contributed by atoms with van der Waals surface area (Å²) in [4.78, 5) is 0. The van der Waals surface area contributed by atoms with Crippen molar-refractivity contribution in [3.8, 4) is 5.69 Å². The first kappa shape index (κ1) is 12.0. The summed E-state index contributed by atoms with van der Waals surface area (Å²) in [5.74, 6) is 0.927. The third-order valence-corrected chi connectivity index (χ3v) is 3.31. The minimum atomic E-state index is 0.396. The highest BCUT2D eigenvalue weighted by Gasteiger charge is 2.16. The average molecular weight is 251 g/mol. The second-order valence-electron chi connectivity index (χ2n) is 4.49. The summed E-state index contributed by atoms with van der Waals surface area (Å²) in [6, 6.07) is 5.80. The molecule has 2 aromatic rings. The molecule has 0 amide bonds. The number of aromatic nitrogens is 4. The molecule has 1 heterocycles. The zero-order valence-electron chi connectivity index (χ0n) is 10.1. The second-order valence-corrected chi connectivity index (χ2v) is 4.93. The largest absolute Gasteiger partial charge is 0.200 e. The van der Waals surface area contributed by atoms with Crippen molar-refractivity contribution in [2.45, 2.75) is 26.7 Å². The van der Waals surface area contributed by atoms with Gasteiger partial charge in [0, 0.05) is 5.02 Å². The van der Waals surface area contributed by atoms with Gasteiger partial charge in [0.2, 0.25) is 0 Å². The summed E-state index contributed by atoms with van der Waals surface area (Å²) in [7, 11) is 0. The van der Waals surface area contributed by atoms with Crippen LogP contribution in [-0.2, 0) is 0 Å². The van der Waals surface area contributed by atoms with Crippen LogP contribution in [0.25, 0.3) is 5.69 Å². The Labute approximate surface area is 106 Å². The fourth-order valence-electron chi connectivity index (χ4n) is 1.73. The Kier molecular flexibility index (Phi) is 3.43. The average Bonchev–Trinajstić information content (AvgIpc) is 2.81. The van der Waals surface area contributed by atoms with E-state index in [0.29, 0.717) is 11.8 Å². The predicted octanol–water partition coefficient (Wildman–Crippen LogP) is 3.08. The van der Waals surface area contributed by atoms with Crippen molar-refractivity contribution in [2.75, 3.05) is 0 Å². The van der Waals surface area contributed by atoms with Gasteiger partial charge in [0.25, 0.3) is 0 Å². The molecule has 0 N–H and O–H groups in total. The molecule has 0 aliphatic rings.